The van der Waals surface area contributed by atoms with Crippen LogP contribution in [0.5, 0.6) is 5.88 Å². The Kier molecular flexibility index (Phi) is 6.73. The molecule has 0 aromatic carbocycles. The standard InChI is InChI=1S/C23H25N5O4S/c1-3-18(19-8-9-25-22(27-19)14-33(30,31)17-6-7-17)21(29)10-16-5-4-15(11-26-16)20-12-24-13-23(28-20)32-2/h4-5,8-9,11-13,17-18H,3,6-7,10,14H2,1-2H3. The number of ether oxygens (including phenoxy) is 1. The predicted octanol–water partition coefficient (Wildman–Crippen LogP) is 2.72. The molecule has 172 valence electrons. The molecule has 9 nitrogen and oxygen atoms in total. The number of methoxy groups -OCH3 is 1. The number of carbonyl (C=O) groups excluding carboxylic acids is 1. The van der Waals surface area contributed by atoms with Crippen LogP contribution in [0.1, 0.15) is 49.3 Å². The average molecular weight is 468 g/mol. The van der Waals surface area contributed by atoms with Crippen LogP contribution >= 0.6 is 0 Å². The minimum absolute atomic E-state index is 0.0337. The van der Waals surface area contributed by atoms with E-state index in [2.05, 4.69) is 24.9 Å². The molecule has 3 aromatic heterocycles. The maximum atomic E-state index is 13.0. The summed E-state index contributed by atoms with van der Waals surface area (Å²) in [5.41, 5.74) is 2.56. The van der Waals surface area contributed by atoms with Gasteiger partial charge in [0, 0.05) is 30.1 Å². The van der Waals surface area contributed by atoms with Gasteiger partial charge in [-0.3, -0.25) is 14.8 Å². The van der Waals surface area contributed by atoms with Crippen LogP contribution in [-0.2, 0) is 26.8 Å². The summed E-state index contributed by atoms with van der Waals surface area (Å²) in [6.45, 7) is 1.91. The van der Waals surface area contributed by atoms with Crippen molar-refractivity contribution >= 4 is 15.6 Å². The minimum Gasteiger partial charge on any atom is -0.480 e. The van der Waals surface area contributed by atoms with Gasteiger partial charge in [0.15, 0.2) is 9.84 Å². The number of ketones is 1. The van der Waals surface area contributed by atoms with E-state index in [-0.39, 0.29) is 29.0 Å². The van der Waals surface area contributed by atoms with Crippen LogP contribution in [0.15, 0.2) is 43.0 Å². The number of sulfone groups is 1. The SMILES string of the molecule is CCC(C(=O)Cc1ccc(-c2cncc(OC)n2)cn1)c1ccnc(CS(=O)(=O)C2CC2)n1. The second-order valence-corrected chi connectivity index (χ2v) is 10.3. The number of nitrogens with zero attached hydrogens (tertiary/aromatic N) is 5. The molecule has 33 heavy (non-hydrogen) atoms. The van der Waals surface area contributed by atoms with E-state index in [0.29, 0.717) is 42.2 Å². The molecule has 1 fully saturated rings. The van der Waals surface area contributed by atoms with Crippen molar-refractivity contribution < 1.29 is 17.9 Å². The maximum absolute atomic E-state index is 13.0. The number of rotatable bonds is 10. The number of pyridine rings is 1. The van der Waals surface area contributed by atoms with Crippen LogP contribution in [-0.4, -0.2) is 51.5 Å². The van der Waals surface area contributed by atoms with Crippen molar-refractivity contribution in [1.29, 1.82) is 0 Å². The molecule has 4 rings (SSSR count). The smallest absolute Gasteiger partial charge is 0.232 e. The van der Waals surface area contributed by atoms with Crippen molar-refractivity contribution in [3.8, 4) is 17.1 Å². The molecule has 0 aliphatic heterocycles. The van der Waals surface area contributed by atoms with Crippen molar-refractivity contribution in [2.45, 2.75) is 49.5 Å². The molecule has 0 spiro atoms. The van der Waals surface area contributed by atoms with Crippen LogP contribution in [0, 0.1) is 0 Å². The topological polar surface area (TPSA) is 125 Å². The first-order valence-electron chi connectivity index (χ1n) is 10.8. The van der Waals surface area contributed by atoms with E-state index in [1.165, 1.54) is 19.5 Å². The number of hydrogen-bond donors (Lipinski definition) is 0. The Labute approximate surface area is 192 Å². The minimum atomic E-state index is -3.23. The van der Waals surface area contributed by atoms with Gasteiger partial charge >= 0.3 is 0 Å². The van der Waals surface area contributed by atoms with Gasteiger partial charge in [-0.15, -0.1) is 0 Å². The lowest BCUT2D eigenvalue weighted by molar-refractivity contribution is -0.120. The zero-order valence-corrected chi connectivity index (χ0v) is 19.3. The van der Waals surface area contributed by atoms with Gasteiger partial charge in [-0.1, -0.05) is 6.92 Å². The first-order chi connectivity index (χ1) is 15.9. The number of hydrogen-bond acceptors (Lipinski definition) is 9. The van der Waals surface area contributed by atoms with E-state index in [0.717, 1.165) is 5.56 Å². The third-order valence-corrected chi connectivity index (χ3v) is 7.69. The second-order valence-electron chi connectivity index (χ2n) is 7.99. The van der Waals surface area contributed by atoms with E-state index < -0.39 is 15.8 Å². The van der Waals surface area contributed by atoms with Crippen LogP contribution in [0.2, 0.25) is 0 Å². The fraction of sp³-hybridized carbons (Fsp3) is 0.391. The van der Waals surface area contributed by atoms with Gasteiger partial charge in [0.25, 0.3) is 0 Å². The largest absolute Gasteiger partial charge is 0.480 e. The van der Waals surface area contributed by atoms with Crippen LogP contribution in [0.3, 0.4) is 0 Å². The molecular formula is C23H25N5O4S. The highest BCUT2D eigenvalue weighted by atomic mass is 32.2. The summed E-state index contributed by atoms with van der Waals surface area (Å²) in [6, 6.07) is 5.30. The highest BCUT2D eigenvalue weighted by molar-refractivity contribution is 7.91. The van der Waals surface area contributed by atoms with E-state index in [4.69, 9.17) is 4.74 Å². The van der Waals surface area contributed by atoms with Gasteiger partial charge in [-0.05, 0) is 37.5 Å². The van der Waals surface area contributed by atoms with Crippen molar-refractivity contribution in [2.75, 3.05) is 7.11 Å². The van der Waals surface area contributed by atoms with Gasteiger partial charge in [-0.2, -0.15) is 0 Å². The molecule has 0 bridgehead atoms. The molecule has 1 aliphatic rings. The molecule has 10 heteroatoms. The molecule has 0 amide bonds. The maximum Gasteiger partial charge on any atom is 0.232 e. The van der Waals surface area contributed by atoms with Crippen LogP contribution in [0.25, 0.3) is 11.3 Å². The summed E-state index contributed by atoms with van der Waals surface area (Å²) < 4.78 is 29.7. The number of Topliss-reactive ketones (excluding diaryl/α,β-unsaturated/α-hetero) is 1. The van der Waals surface area contributed by atoms with Crippen LogP contribution < -0.4 is 4.74 Å². The molecule has 1 aliphatic carbocycles. The Morgan fingerprint density at radius 1 is 1.12 bits per heavy atom. The lowest BCUT2D eigenvalue weighted by Crippen LogP contribution is -2.18. The van der Waals surface area contributed by atoms with E-state index in [1.807, 2.05) is 13.0 Å². The van der Waals surface area contributed by atoms with Crippen molar-refractivity contribution in [2.24, 2.45) is 0 Å². The molecule has 0 N–H and O–H groups in total. The summed E-state index contributed by atoms with van der Waals surface area (Å²) in [7, 11) is -1.70. The summed E-state index contributed by atoms with van der Waals surface area (Å²) in [5, 5.41) is -0.273. The van der Waals surface area contributed by atoms with Crippen molar-refractivity contribution in [3.05, 3.63) is 60.2 Å². The van der Waals surface area contributed by atoms with E-state index >= 15 is 0 Å². The fourth-order valence-electron chi connectivity index (χ4n) is 3.57. The molecule has 0 saturated heterocycles. The Hall–Kier alpha value is -3.27. The van der Waals surface area contributed by atoms with Gasteiger partial charge in [0.2, 0.25) is 5.88 Å². The second kappa shape index (κ2) is 9.70. The summed E-state index contributed by atoms with van der Waals surface area (Å²) >= 11 is 0. The number of carbonyl (C=O) groups is 1. The molecule has 1 atom stereocenters. The lowest BCUT2D eigenvalue weighted by atomic mass is 9.93. The van der Waals surface area contributed by atoms with Gasteiger partial charge < -0.3 is 4.74 Å². The average Bonchev–Trinajstić information content (AvgIpc) is 3.66. The summed E-state index contributed by atoms with van der Waals surface area (Å²) in [4.78, 5) is 34.4. The normalized spacial score (nSPS) is 14.6. The fourth-order valence-corrected chi connectivity index (χ4v) is 5.16. The zero-order chi connectivity index (χ0) is 23.4. The zero-order valence-electron chi connectivity index (χ0n) is 18.5. The summed E-state index contributed by atoms with van der Waals surface area (Å²) in [5.74, 6) is -0.0271. The molecule has 1 unspecified atom stereocenters. The van der Waals surface area contributed by atoms with Crippen molar-refractivity contribution in [1.82, 2.24) is 24.9 Å². The van der Waals surface area contributed by atoms with Gasteiger partial charge in [0.05, 0.1) is 42.1 Å². The quantitative estimate of drug-likeness (QED) is 0.442. The Bertz CT molecular complexity index is 1240. The lowest BCUT2D eigenvalue weighted by Gasteiger charge is -2.14. The number of aromatic nitrogens is 5. The Balaban J connectivity index is 1.46. The summed E-state index contributed by atoms with van der Waals surface area (Å²) in [6.07, 6.45) is 8.41. The highest BCUT2D eigenvalue weighted by Crippen LogP contribution is 2.30. The monoisotopic (exact) mass is 467 g/mol. The van der Waals surface area contributed by atoms with E-state index in [1.54, 1.807) is 24.5 Å². The molecular weight excluding hydrogens is 442 g/mol. The Morgan fingerprint density at radius 3 is 2.61 bits per heavy atom. The van der Waals surface area contributed by atoms with Crippen LogP contribution in [0.4, 0.5) is 0 Å². The first-order valence-corrected chi connectivity index (χ1v) is 12.5. The molecule has 3 heterocycles. The third-order valence-electron chi connectivity index (χ3n) is 5.54. The third kappa shape index (κ3) is 5.57. The van der Waals surface area contributed by atoms with Gasteiger partial charge in [-0.25, -0.2) is 23.4 Å². The van der Waals surface area contributed by atoms with E-state index in [9.17, 15) is 13.2 Å². The molecule has 1 saturated carbocycles. The first kappa shape index (κ1) is 22.9. The molecule has 0 radical (unpaired) electrons. The highest BCUT2D eigenvalue weighted by Gasteiger charge is 2.36. The molecule has 3 aromatic rings. The Morgan fingerprint density at radius 2 is 1.94 bits per heavy atom. The van der Waals surface area contributed by atoms with Crippen molar-refractivity contribution in [3.63, 3.8) is 0 Å². The predicted molar refractivity (Wildman–Crippen MR) is 121 cm³/mol. The van der Waals surface area contributed by atoms with Gasteiger partial charge in [0.1, 0.15) is 17.4 Å².